The highest BCUT2D eigenvalue weighted by Gasteiger charge is 2.45. The van der Waals surface area contributed by atoms with Crippen LogP contribution in [-0.4, -0.2) is 134 Å². The number of cyclic esters (lactones) is 1. The molecule has 402 valence electrons. The Kier molecular flexibility index (Phi) is 17.5. The third kappa shape index (κ3) is 12.6. The van der Waals surface area contributed by atoms with Crippen LogP contribution in [0.2, 0.25) is 0 Å². The van der Waals surface area contributed by atoms with E-state index in [1.54, 1.807) is 42.2 Å². The fourth-order valence-electron chi connectivity index (χ4n) is 9.17. The molecule has 3 aliphatic rings. The maximum absolute atomic E-state index is 13.9. The van der Waals surface area contributed by atoms with E-state index in [9.17, 15) is 33.9 Å². The molecule has 4 amide bonds. The van der Waals surface area contributed by atoms with Gasteiger partial charge in [-0.05, 0) is 89.4 Å². The quantitative estimate of drug-likeness (QED) is 0.0177. The van der Waals surface area contributed by atoms with Crippen LogP contribution in [0.15, 0.2) is 41.6 Å². The van der Waals surface area contributed by atoms with Crippen molar-refractivity contribution < 1.29 is 48.0 Å². The highest BCUT2D eigenvalue weighted by Crippen LogP contribution is 2.43. The molecular formula is C52H62N12O11S. The number of benzene rings is 1. The Bertz CT molecular complexity index is 3190. The highest BCUT2D eigenvalue weighted by atomic mass is 32.1. The number of H-pyrrole nitrogens is 1. The number of fused-ring (bicyclic) bond motifs is 6. The number of ether oxygens (including phenoxy) is 4. The molecule has 0 saturated carbocycles. The predicted molar refractivity (Wildman–Crippen MR) is 278 cm³/mol. The van der Waals surface area contributed by atoms with E-state index >= 15 is 0 Å². The molecule has 0 fully saturated rings. The lowest BCUT2D eigenvalue weighted by Gasteiger charge is -2.31. The average Bonchev–Trinajstić information content (AvgIpc) is 4.21. The number of rotatable bonds is 23. The zero-order chi connectivity index (χ0) is 54.1. The number of esters is 1. The van der Waals surface area contributed by atoms with E-state index in [1.807, 2.05) is 39.0 Å². The number of nitrogens with zero attached hydrogens (tertiary/aromatic N) is 7. The number of pyridine rings is 2. The number of nitrogens with one attached hydrogen (secondary N) is 5. The number of unbranched alkanes of at least 4 members (excludes halogenated alkanes) is 3. The van der Waals surface area contributed by atoms with Gasteiger partial charge in [0.25, 0.3) is 5.56 Å². The maximum Gasteiger partial charge on any atom is 0.343 e. The number of aryl methyl sites for hydroxylation is 1. The Balaban J connectivity index is 0.831. The Morgan fingerprint density at radius 2 is 1.79 bits per heavy atom. The SMILES string of the molecule is CC[C@@]1(O)C(=O)OCc2c1cc1n(c2=O)Cc2c-1nc1cc3c(cc1c2C#CCOCNC(=O)CNC(=O)[C@H](CCCCN(C)C)NC(=O)[C@@H](NC(=O)CCCCCn1cc(-c2cnc(=S)[nH]c2)nn1)C(C)C)OCO3. The fraction of sp³-hybridized carbons (Fsp3) is 0.481. The first-order chi connectivity index (χ1) is 36.5. The summed E-state index contributed by atoms with van der Waals surface area (Å²) >= 11 is 5.00. The maximum atomic E-state index is 13.9. The van der Waals surface area contributed by atoms with Gasteiger partial charge in [-0.25, -0.2) is 14.8 Å². The Hall–Kier alpha value is -7.59. The largest absolute Gasteiger partial charge is 0.458 e. The second-order valence-corrected chi connectivity index (χ2v) is 19.8. The van der Waals surface area contributed by atoms with E-state index in [0.717, 1.165) is 31.4 Å². The highest BCUT2D eigenvalue weighted by molar-refractivity contribution is 7.71. The van der Waals surface area contributed by atoms with Gasteiger partial charge in [-0.3, -0.25) is 28.7 Å². The van der Waals surface area contributed by atoms with Gasteiger partial charge in [0.15, 0.2) is 21.9 Å². The predicted octanol–water partition coefficient (Wildman–Crippen LogP) is 2.70. The monoisotopic (exact) mass is 1060 g/mol. The zero-order valence-electron chi connectivity index (χ0n) is 43.1. The molecule has 0 aliphatic carbocycles. The molecule has 7 heterocycles. The van der Waals surface area contributed by atoms with E-state index < -0.39 is 53.5 Å². The summed E-state index contributed by atoms with van der Waals surface area (Å²) in [5.74, 6) is 4.17. The fourth-order valence-corrected chi connectivity index (χ4v) is 9.28. The number of aromatic nitrogens is 7. The van der Waals surface area contributed by atoms with Crippen LogP contribution >= 0.6 is 12.2 Å². The normalized spacial score (nSPS) is 15.8. The number of aromatic amines is 1. The van der Waals surface area contributed by atoms with Crippen LogP contribution in [0.3, 0.4) is 0 Å². The van der Waals surface area contributed by atoms with E-state index in [4.69, 9.17) is 36.1 Å². The topological polar surface area (TPSA) is 288 Å². The molecule has 24 heteroatoms. The third-order valence-electron chi connectivity index (χ3n) is 13.4. The van der Waals surface area contributed by atoms with Gasteiger partial charge >= 0.3 is 5.97 Å². The van der Waals surface area contributed by atoms with Crippen molar-refractivity contribution in [3.63, 3.8) is 0 Å². The molecule has 0 spiro atoms. The minimum atomic E-state index is -1.99. The lowest BCUT2D eigenvalue weighted by atomic mass is 9.86. The third-order valence-corrected chi connectivity index (χ3v) is 13.6. The minimum Gasteiger partial charge on any atom is -0.458 e. The van der Waals surface area contributed by atoms with Crippen LogP contribution in [0.1, 0.15) is 94.4 Å². The first kappa shape index (κ1) is 54.7. The summed E-state index contributed by atoms with van der Waals surface area (Å²) in [6.07, 6.45) is 9.15. The minimum absolute atomic E-state index is 0.000608. The van der Waals surface area contributed by atoms with Crippen molar-refractivity contribution in [2.75, 3.05) is 47.3 Å². The summed E-state index contributed by atoms with van der Waals surface area (Å²) in [7, 11) is 3.89. The van der Waals surface area contributed by atoms with Crippen LogP contribution < -0.4 is 36.3 Å². The zero-order valence-corrected chi connectivity index (χ0v) is 43.9. The van der Waals surface area contributed by atoms with Gasteiger partial charge in [0.2, 0.25) is 30.4 Å². The standard InChI is InChI=1S/C52H62N12O11S/c1-6-52(71)36-20-40-46-34(25-64(40)49(69)35(36)27-73-50(52)70)32(33-19-41-42(75-29-74-41)21-38(33)57-46)13-12-18-72-28-56-44(66)24-53-47(67)37(14-9-11-16-62(4)5)58-48(68)45(30(2)3)59-43(65)15-8-7-10-17-63-26-39(60-61-63)31-22-54-51(76)55-23-31/h19-23,26,30,37,45,71H,6-11,14-18,24-25,27-29H2,1-5H3,(H,53,67)(H,56,66)(H,58,68)(H,59,65)(H,54,55,76)/t37-,45-,52-/m0/s1. The molecule has 5 aromatic rings. The first-order valence-corrected chi connectivity index (χ1v) is 25.7. The molecule has 0 radical (unpaired) electrons. The van der Waals surface area contributed by atoms with Gasteiger partial charge in [-0.1, -0.05) is 44.2 Å². The summed E-state index contributed by atoms with van der Waals surface area (Å²) < 4.78 is 25.8. The molecule has 4 aromatic heterocycles. The first-order valence-electron chi connectivity index (χ1n) is 25.3. The second-order valence-electron chi connectivity index (χ2n) is 19.4. The lowest BCUT2D eigenvalue weighted by molar-refractivity contribution is -0.172. The summed E-state index contributed by atoms with van der Waals surface area (Å²) in [5, 5.41) is 31.3. The molecule has 0 bridgehead atoms. The van der Waals surface area contributed by atoms with Crippen molar-refractivity contribution in [1.29, 1.82) is 0 Å². The molecule has 1 aromatic carbocycles. The van der Waals surface area contributed by atoms with E-state index in [-0.39, 0.29) is 69.1 Å². The van der Waals surface area contributed by atoms with E-state index in [0.29, 0.717) is 81.2 Å². The number of carbonyl (C=O) groups is 5. The van der Waals surface area contributed by atoms with Gasteiger partial charge in [0.05, 0.1) is 41.8 Å². The number of aliphatic hydroxyl groups is 1. The van der Waals surface area contributed by atoms with Crippen LogP contribution in [0, 0.1) is 22.5 Å². The van der Waals surface area contributed by atoms with Gasteiger partial charge in [-0.15, -0.1) is 5.10 Å². The number of hydrogen-bond acceptors (Lipinski definition) is 17. The van der Waals surface area contributed by atoms with Crippen molar-refractivity contribution in [2.24, 2.45) is 5.92 Å². The number of carbonyl (C=O) groups excluding carboxylic acids is 5. The summed E-state index contributed by atoms with van der Waals surface area (Å²) in [4.78, 5) is 93.8. The molecule has 0 saturated heterocycles. The molecule has 23 nitrogen and oxygen atoms in total. The van der Waals surface area contributed by atoms with Crippen molar-refractivity contribution >= 4 is 52.7 Å². The van der Waals surface area contributed by atoms with Crippen molar-refractivity contribution in [3.05, 3.63) is 74.2 Å². The molecule has 6 N–H and O–H groups in total. The van der Waals surface area contributed by atoms with Gasteiger partial charge in [0, 0.05) is 59.1 Å². The second kappa shape index (κ2) is 24.4. The van der Waals surface area contributed by atoms with E-state index in [1.165, 1.54) is 4.57 Å². The smallest absolute Gasteiger partial charge is 0.343 e. The average molecular weight is 1060 g/mol. The van der Waals surface area contributed by atoms with E-state index in [2.05, 4.69) is 53.4 Å². The van der Waals surface area contributed by atoms with Crippen LogP contribution in [0.4, 0.5) is 0 Å². The summed E-state index contributed by atoms with van der Waals surface area (Å²) in [6, 6.07) is 3.25. The summed E-state index contributed by atoms with van der Waals surface area (Å²) in [5.41, 5.74) is 1.97. The molecule has 3 atom stereocenters. The number of hydrogen-bond donors (Lipinski definition) is 6. The van der Waals surface area contributed by atoms with Gasteiger partial charge in [0.1, 0.15) is 37.7 Å². The molecule has 3 aliphatic heterocycles. The Labute approximate surface area is 442 Å². The summed E-state index contributed by atoms with van der Waals surface area (Å²) in [6.45, 7) is 5.76. The molecule has 76 heavy (non-hydrogen) atoms. The van der Waals surface area contributed by atoms with Crippen molar-refractivity contribution in [2.45, 2.75) is 110 Å². The van der Waals surface area contributed by atoms with Crippen LogP contribution in [0.25, 0.3) is 33.5 Å². The van der Waals surface area contributed by atoms with Gasteiger partial charge < -0.3 is 59.8 Å². The van der Waals surface area contributed by atoms with Gasteiger partial charge in [-0.2, -0.15) is 0 Å². The molecule has 0 unspecified atom stereocenters. The van der Waals surface area contributed by atoms with Crippen molar-refractivity contribution in [1.82, 2.24) is 60.7 Å². The lowest BCUT2D eigenvalue weighted by Crippen LogP contribution is -2.56. The Morgan fingerprint density at radius 3 is 2.54 bits per heavy atom. The van der Waals surface area contributed by atoms with Crippen LogP contribution in [-0.2, 0) is 58.7 Å². The Morgan fingerprint density at radius 1 is 0.987 bits per heavy atom. The van der Waals surface area contributed by atoms with Crippen LogP contribution in [0.5, 0.6) is 11.5 Å². The van der Waals surface area contributed by atoms with Crippen molar-refractivity contribution in [3.8, 4) is 46.0 Å². The number of amides is 4. The molecular weight excluding hydrogens is 1000 g/mol. The molecule has 8 rings (SSSR count).